The number of benzene rings is 1. The number of hydrogen-bond donors (Lipinski definition) is 0. The summed E-state index contributed by atoms with van der Waals surface area (Å²) in [5.41, 5.74) is 1.12. The van der Waals surface area contributed by atoms with E-state index in [0.29, 0.717) is 0 Å². The predicted molar refractivity (Wildman–Crippen MR) is 87.7 cm³/mol. The number of imidazole rings is 1. The quantitative estimate of drug-likeness (QED) is 0.581. The van der Waals surface area contributed by atoms with Crippen molar-refractivity contribution in [1.29, 1.82) is 0 Å². The van der Waals surface area contributed by atoms with Gasteiger partial charge in [-0.15, -0.1) is 0 Å². The van der Waals surface area contributed by atoms with E-state index in [-0.39, 0.29) is 0 Å². The zero-order valence-electron chi connectivity index (χ0n) is 12.8. The van der Waals surface area contributed by atoms with Crippen LogP contribution in [0.3, 0.4) is 0 Å². The van der Waals surface area contributed by atoms with Crippen molar-refractivity contribution in [2.24, 2.45) is 7.05 Å². The van der Waals surface area contributed by atoms with Crippen LogP contribution in [0.2, 0.25) is 0 Å². The molecule has 0 radical (unpaired) electrons. The summed E-state index contributed by atoms with van der Waals surface area (Å²) in [6.07, 6.45) is 9.94. The van der Waals surface area contributed by atoms with Crippen molar-refractivity contribution in [1.82, 2.24) is 29.3 Å². The fourth-order valence-electron chi connectivity index (χ4n) is 2.82. The molecule has 0 N–H and O–H groups in total. The number of aromatic nitrogens is 6. The molecule has 6 nitrogen and oxygen atoms in total. The van der Waals surface area contributed by atoms with Gasteiger partial charge in [-0.05, 0) is 11.5 Å². The van der Waals surface area contributed by atoms with Crippen LogP contribution in [0.25, 0.3) is 22.2 Å². The Morgan fingerprint density at radius 1 is 1.09 bits per heavy atom. The van der Waals surface area contributed by atoms with Crippen LogP contribution < -0.4 is 0 Å². The Balaban J connectivity index is 1.70. The normalized spacial score (nSPS) is 11.2. The molecule has 0 aliphatic heterocycles. The molecule has 3 heterocycles. The molecular formula is C17H16N6. The van der Waals surface area contributed by atoms with Gasteiger partial charge in [0.05, 0.1) is 0 Å². The summed E-state index contributed by atoms with van der Waals surface area (Å²) in [5, 5.41) is 6.39. The summed E-state index contributed by atoms with van der Waals surface area (Å²) in [4.78, 5) is 13.0. The molecule has 0 unspecified atom stereocenters. The molecule has 0 aliphatic carbocycles. The minimum Gasteiger partial charge on any atom is -0.331 e. The Bertz CT molecular complexity index is 947. The molecule has 0 atom stereocenters. The van der Waals surface area contributed by atoms with Gasteiger partial charge in [0.2, 0.25) is 0 Å². The van der Waals surface area contributed by atoms with Crippen LogP contribution >= 0.6 is 0 Å². The average Bonchev–Trinajstić information content (AvgIpc) is 3.21. The van der Waals surface area contributed by atoms with Crippen molar-refractivity contribution in [3.63, 3.8) is 0 Å². The van der Waals surface area contributed by atoms with E-state index >= 15 is 0 Å². The summed E-state index contributed by atoms with van der Waals surface area (Å²) >= 11 is 0. The summed E-state index contributed by atoms with van der Waals surface area (Å²) in [7, 11) is 1.91. The van der Waals surface area contributed by atoms with E-state index in [1.165, 1.54) is 0 Å². The Morgan fingerprint density at radius 3 is 2.91 bits per heavy atom. The van der Waals surface area contributed by atoms with Crippen molar-refractivity contribution in [3.8, 4) is 11.4 Å². The van der Waals surface area contributed by atoms with Gasteiger partial charge in [0.25, 0.3) is 0 Å². The minimum atomic E-state index is 0.809. The molecule has 1 aromatic carbocycles. The van der Waals surface area contributed by atoms with Crippen LogP contribution in [0.4, 0.5) is 0 Å². The van der Waals surface area contributed by atoms with Gasteiger partial charge < -0.3 is 4.57 Å². The number of fused-ring (bicyclic) bond motifs is 1. The molecule has 4 rings (SSSR count). The van der Waals surface area contributed by atoms with Gasteiger partial charge in [0, 0.05) is 55.8 Å². The number of pyridine rings is 1. The van der Waals surface area contributed by atoms with E-state index in [9.17, 15) is 0 Å². The van der Waals surface area contributed by atoms with Crippen molar-refractivity contribution in [3.05, 3.63) is 61.2 Å². The first kappa shape index (κ1) is 13.6. The largest absolute Gasteiger partial charge is 0.331 e. The van der Waals surface area contributed by atoms with Crippen LogP contribution in [-0.2, 0) is 20.0 Å². The van der Waals surface area contributed by atoms with Crippen molar-refractivity contribution >= 4 is 10.8 Å². The zero-order valence-corrected chi connectivity index (χ0v) is 12.8. The minimum absolute atomic E-state index is 0.809. The van der Waals surface area contributed by atoms with Crippen molar-refractivity contribution < 1.29 is 0 Å². The molecular weight excluding hydrogens is 288 g/mol. The van der Waals surface area contributed by atoms with E-state index < -0.39 is 0 Å². The number of aryl methyl sites for hydroxylation is 3. The molecule has 0 spiro atoms. The van der Waals surface area contributed by atoms with Gasteiger partial charge in [0.1, 0.15) is 18.0 Å². The van der Waals surface area contributed by atoms with Gasteiger partial charge in [-0.25, -0.2) is 9.97 Å². The summed E-state index contributed by atoms with van der Waals surface area (Å²) in [5.74, 6) is 1.93. The van der Waals surface area contributed by atoms with Gasteiger partial charge in [-0.1, -0.05) is 18.2 Å². The summed E-state index contributed by atoms with van der Waals surface area (Å²) in [6.45, 7) is 0.809. The summed E-state index contributed by atoms with van der Waals surface area (Å²) in [6, 6.07) is 8.25. The molecule has 4 aromatic rings. The Labute approximate surface area is 133 Å². The molecule has 0 aliphatic rings. The first-order chi connectivity index (χ1) is 11.3. The Hall–Kier alpha value is -3.02. The highest BCUT2D eigenvalue weighted by Gasteiger charge is 2.10. The van der Waals surface area contributed by atoms with Gasteiger partial charge in [0.15, 0.2) is 0 Å². The molecule has 0 amide bonds. The molecule has 0 saturated heterocycles. The van der Waals surface area contributed by atoms with Crippen LogP contribution in [0.1, 0.15) is 5.82 Å². The van der Waals surface area contributed by atoms with Gasteiger partial charge in [-0.2, -0.15) is 5.10 Å². The summed E-state index contributed by atoms with van der Waals surface area (Å²) < 4.78 is 3.96. The zero-order chi connectivity index (χ0) is 15.6. The molecule has 3 aromatic heterocycles. The molecule has 114 valence electrons. The topological polar surface area (TPSA) is 61.4 Å². The van der Waals surface area contributed by atoms with E-state index in [1.54, 1.807) is 11.0 Å². The number of hydrogen-bond acceptors (Lipinski definition) is 4. The molecule has 6 heteroatoms. The van der Waals surface area contributed by atoms with Gasteiger partial charge >= 0.3 is 0 Å². The number of nitrogens with zero attached hydrogens (tertiary/aromatic N) is 6. The lowest BCUT2D eigenvalue weighted by atomic mass is 10.1. The molecule has 23 heavy (non-hydrogen) atoms. The average molecular weight is 304 g/mol. The second-order valence-electron chi connectivity index (χ2n) is 5.40. The fraction of sp³-hybridized carbons (Fsp3) is 0.176. The second kappa shape index (κ2) is 5.64. The van der Waals surface area contributed by atoms with Crippen LogP contribution in [0.5, 0.6) is 0 Å². The van der Waals surface area contributed by atoms with Crippen LogP contribution in [0, 0.1) is 0 Å². The predicted octanol–water partition coefficient (Wildman–Crippen LogP) is 2.47. The first-order valence-electron chi connectivity index (χ1n) is 7.50. The monoisotopic (exact) mass is 304 g/mol. The third-order valence-corrected chi connectivity index (χ3v) is 4.02. The third-order valence-electron chi connectivity index (χ3n) is 4.02. The lowest BCUT2D eigenvalue weighted by Crippen LogP contribution is -2.07. The SMILES string of the molecule is Cn1ncnc1CCn1ccnc1-c1cccc2cnccc12. The standard InChI is InChI=1S/C17H16N6/c1-22-16(20-12-21-22)6-9-23-10-8-19-17(23)15-4-2-3-13-11-18-7-5-14(13)15/h2-5,7-8,10-12H,6,9H2,1H3. The van der Waals surface area contributed by atoms with Crippen LogP contribution in [-0.4, -0.2) is 29.3 Å². The second-order valence-corrected chi connectivity index (χ2v) is 5.40. The van der Waals surface area contributed by atoms with E-state index in [2.05, 4.69) is 36.8 Å². The Morgan fingerprint density at radius 2 is 2.04 bits per heavy atom. The number of rotatable bonds is 4. The fourth-order valence-corrected chi connectivity index (χ4v) is 2.82. The van der Waals surface area contributed by atoms with E-state index in [1.807, 2.05) is 44.0 Å². The first-order valence-corrected chi connectivity index (χ1v) is 7.50. The third kappa shape index (κ3) is 2.48. The maximum Gasteiger partial charge on any atom is 0.140 e. The van der Waals surface area contributed by atoms with Gasteiger partial charge in [-0.3, -0.25) is 9.67 Å². The van der Waals surface area contributed by atoms with Crippen LogP contribution in [0.15, 0.2) is 55.4 Å². The lowest BCUT2D eigenvalue weighted by molar-refractivity contribution is 0.629. The highest BCUT2D eigenvalue weighted by molar-refractivity contribution is 5.94. The highest BCUT2D eigenvalue weighted by atomic mass is 15.3. The molecule has 0 saturated carbocycles. The smallest absolute Gasteiger partial charge is 0.140 e. The lowest BCUT2D eigenvalue weighted by Gasteiger charge is -2.10. The molecule has 0 bridgehead atoms. The van der Waals surface area contributed by atoms with E-state index in [0.717, 1.165) is 41.0 Å². The van der Waals surface area contributed by atoms with Crippen molar-refractivity contribution in [2.75, 3.05) is 0 Å². The highest BCUT2D eigenvalue weighted by Crippen LogP contribution is 2.26. The Kier molecular flexibility index (Phi) is 3.34. The van der Waals surface area contributed by atoms with Crippen molar-refractivity contribution in [2.45, 2.75) is 13.0 Å². The molecule has 0 fully saturated rings. The van der Waals surface area contributed by atoms with E-state index in [4.69, 9.17) is 0 Å². The maximum atomic E-state index is 4.56. The maximum absolute atomic E-state index is 4.56.